The van der Waals surface area contributed by atoms with Gasteiger partial charge in [-0.25, -0.2) is 0 Å². The van der Waals surface area contributed by atoms with Gasteiger partial charge in [-0.1, -0.05) is 39.7 Å². The average Bonchev–Trinajstić information content (AvgIpc) is 2.90. The highest BCUT2D eigenvalue weighted by molar-refractivity contribution is 9.10. The van der Waals surface area contributed by atoms with E-state index in [4.69, 9.17) is 0 Å². The highest BCUT2D eigenvalue weighted by atomic mass is 79.9. The number of carbonyl (C=O) groups is 1. The number of likely N-dealkylation sites (tertiary alicyclic amines) is 1. The molecule has 0 radical (unpaired) electrons. The van der Waals surface area contributed by atoms with Gasteiger partial charge in [0, 0.05) is 28.8 Å². The van der Waals surface area contributed by atoms with Gasteiger partial charge in [0.2, 0.25) is 0 Å². The minimum Gasteiger partial charge on any atom is -0.389 e. The van der Waals surface area contributed by atoms with Crippen LogP contribution in [0.3, 0.4) is 0 Å². The molecule has 1 fully saturated rings. The third-order valence-electron chi connectivity index (χ3n) is 4.38. The van der Waals surface area contributed by atoms with E-state index >= 15 is 0 Å². The van der Waals surface area contributed by atoms with E-state index in [9.17, 15) is 9.90 Å². The number of aryl methyl sites for hydroxylation is 2. The Balaban J connectivity index is 1.73. The number of hydrogen-bond donors (Lipinski definition) is 2. The van der Waals surface area contributed by atoms with Crippen molar-refractivity contribution in [3.63, 3.8) is 0 Å². The van der Waals surface area contributed by atoms with Gasteiger partial charge < -0.3 is 15.3 Å². The van der Waals surface area contributed by atoms with Crippen LogP contribution in [0.4, 0.5) is 5.69 Å². The summed E-state index contributed by atoms with van der Waals surface area (Å²) in [7, 11) is 0. The smallest absolute Gasteiger partial charge is 0.254 e. The van der Waals surface area contributed by atoms with E-state index in [-0.39, 0.29) is 11.9 Å². The van der Waals surface area contributed by atoms with Gasteiger partial charge in [-0.05, 0) is 43.7 Å². The van der Waals surface area contributed by atoms with Gasteiger partial charge in [0.1, 0.15) is 0 Å². The van der Waals surface area contributed by atoms with Crippen LogP contribution < -0.4 is 5.32 Å². The maximum absolute atomic E-state index is 12.8. The molecule has 4 nitrogen and oxygen atoms in total. The topological polar surface area (TPSA) is 52.6 Å². The van der Waals surface area contributed by atoms with Crippen LogP contribution in [-0.4, -0.2) is 41.1 Å². The molecule has 0 spiro atoms. The Morgan fingerprint density at radius 3 is 2.75 bits per heavy atom. The van der Waals surface area contributed by atoms with E-state index in [1.807, 2.05) is 56.3 Å². The molecule has 0 aliphatic carbocycles. The van der Waals surface area contributed by atoms with Crippen molar-refractivity contribution in [1.29, 1.82) is 0 Å². The minimum atomic E-state index is -0.585. The number of amides is 1. The summed E-state index contributed by atoms with van der Waals surface area (Å²) in [6.07, 6.45) is -0.585. The number of nitrogens with zero attached hydrogens (tertiary/aromatic N) is 1. The monoisotopic (exact) mass is 388 g/mol. The van der Waals surface area contributed by atoms with Gasteiger partial charge in [0.25, 0.3) is 5.91 Å². The number of halogens is 1. The fourth-order valence-corrected chi connectivity index (χ4v) is 3.42. The standard InChI is InChI=1S/C19H21BrN2O2/c1-12-6-7-13(2)16(8-12)19(24)22-10-17(18(23)11-22)21-15-5-3-4-14(20)9-15/h3-9,17-18,21,23H,10-11H2,1-2H3. The summed E-state index contributed by atoms with van der Waals surface area (Å²) >= 11 is 3.44. The zero-order valence-corrected chi connectivity index (χ0v) is 15.4. The second kappa shape index (κ2) is 6.95. The molecular formula is C19H21BrN2O2. The van der Waals surface area contributed by atoms with Crippen molar-refractivity contribution < 1.29 is 9.90 Å². The summed E-state index contributed by atoms with van der Waals surface area (Å²) < 4.78 is 0.975. The number of hydrogen-bond acceptors (Lipinski definition) is 3. The Kier molecular flexibility index (Phi) is 4.92. The highest BCUT2D eigenvalue weighted by Gasteiger charge is 2.34. The van der Waals surface area contributed by atoms with E-state index in [0.717, 1.165) is 21.3 Å². The fraction of sp³-hybridized carbons (Fsp3) is 0.316. The molecule has 0 saturated carbocycles. The summed E-state index contributed by atoms with van der Waals surface area (Å²) in [4.78, 5) is 14.5. The SMILES string of the molecule is Cc1ccc(C)c(C(=O)N2CC(O)C(Nc3cccc(Br)c3)C2)c1. The Bertz CT molecular complexity index is 763. The van der Waals surface area contributed by atoms with Gasteiger partial charge in [-0.2, -0.15) is 0 Å². The Labute approximate surface area is 150 Å². The molecule has 3 rings (SSSR count). The zero-order valence-electron chi connectivity index (χ0n) is 13.8. The van der Waals surface area contributed by atoms with Gasteiger partial charge in [-0.15, -0.1) is 0 Å². The summed E-state index contributed by atoms with van der Waals surface area (Å²) in [5.74, 6) is -0.0196. The lowest BCUT2D eigenvalue weighted by molar-refractivity contribution is 0.0764. The summed E-state index contributed by atoms with van der Waals surface area (Å²) in [6, 6.07) is 13.5. The predicted molar refractivity (Wildman–Crippen MR) is 99.4 cm³/mol. The number of β-amino-alcohol motifs (C(OH)–C–C–N with tert-alkyl or cyclic N) is 1. The number of rotatable bonds is 3. The van der Waals surface area contributed by atoms with Crippen LogP contribution in [-0.2, 0) is 0 Å². The first-order valence-electron chi connectivity index (χ1n) is 8.01. The number of aliphatic hydroxyl groups excluding tert-OH is 1. The molecule has 2 unspecified atom stereocenters. The quantitative estimate of drug-likeness (QED) is 0.847. The molecule has 0 bridgehead atoms. The van der Waals surface area contributed by atoms with Gasteiger partial charge in [-0.3, -0.25) is 4.79 Å². The number of anilines is 1. The van der Waals surface area contributed by atoms with Crippen molar-refractivity contribution in [2.24, 2.45) is 0 Å². The van der Waals surface area contributed by atoms with Crippen molar-refractivity contribution >= 4 is 27.5 Å². The Morgan fingerprint density at radius 2 is 2.00 bits per heavy atom. The van der Waals surface area contributed by atoms with Crippen molar-refractivity contribution in [2.75, 3.05) is 18.4 Å². The maximum Gasteiger partial charge on any atom is 0.254 e. The van der Waals surface area contributed by atoms with Crippen LogP contribution in [0.1, 0.15) is 21.5 Å². The molecule has 5 heteroatoms. The number of nitrogens with one attached hydrogen (secondary N) is 1. The lowest BCUT2D eigenvalue weighted by Gasteiger charge is -2.19. The van der Waals surface area contributed by atoms with E-state index in [0.29, 0.717) is 18.7 Å². The summed E-state index contributed by atoms with van der Waals surface area (Å²) in [5, 5.41) is 13.7. The van der Waals surface area contributed by atoms with E-state index < -0.39 is 6.10 Å². The molecule has 126 valence electrons. The molecular weight excluding hydrogens is 368 g/mol. The largest absolute Gasteiger partial charge is 0.389 e. The van der Waals surface area contributed by atoms with Crippen molar-refractivity contribution in [3.8, 4) is 0 Å². The first-order chi connectivity index (χ1) is 11.4. The van der Waals surface area contributed by atoms with Crippen LogP contribution in [0.15, 0.2) is 46.9 Å². The van der Waals surface area contributed by atoms with E-state index in [1.165, 1.54) is 0 Å². The van der Waals surface area contributed by atoms with Crippen molar-refractivity contribution in [3.05, 3.63) is 63.6 Å². The molecule has 1 aliphatic rings. The molecule has 2 aromatic rings. The maximum atomic E-state index is 12.8. The third kappa shape index (κ3) is 3.62. The molecule has 0 aromatic heterocycles. The third-order valence-corrected chi connectivity index (χ3v) is 4.87. The van der Waals surface area contributed by atoms with Crippen molar-refractivity contribution in [2.45, 2.75) is 26.0 Å². The number of benzene rings is 2. The molecule has 1 heterocycles. The average molecular weight is 389 g/mol. The fourth-order valence-electron chi connectivity index (χ4n) is 3.02. The van der Waals surface area contributed by atoms with Crippen LogP contribution in [0.5, 0.6) is 0 Å². The summed E-state index contributed by atoms with van der Waals surface area (Å²) in [6.45, 7) is 4.75. The van der Waals surface area contributed by atoms with Crippen LogP contribution in [0, 0.1) is 13.8 Å². The van der Waals surface area contributed by atoms with Crippen LogP contribution >= 0.6 is 15.9 Å². The summed E-state index contributed by atoms with van der Waals surface area (Å²) in [5.41, 5.74) is 3.66. The van der Waals surface area contributed by atoms with Gasteiger partial charge in [0.15, 0.2) is 0 Å². The number of carbonyl (C=O) groups excluding carboxylic acids is 1. The molecule has 24 heavy (non-hydrogen) atoms. The Morgan fingerprint density at radius 1 is 1.21 bits per heavy atom. The first-order valence-corrected chi connectivity index (χ1v) is 8.80. The van der Waals surface area contributed by atoms with Gasteiger partial charge >= 0.3 is 0 Å². The molecule has 2 atom stereocenters. The van der Waals surface area contributed by atoms with Crippen LogP contribution in [0.2, 0.25) is 0 Å². The van der Waals surface area contributed by atoms with Gasteiger partial charge in [0.05, 0.1) is 12.1 Å². The Hall–Kier alpha value is -1.85. The lowest BCUT2D eigenvalue weighted by atomic mass is 10.0. The normalized spacial score (nSPS) is 20.2. The second-order valence-corrected chi connectivity index (χ2v) is 7.27. The first kappa shape index (κ1) is 17.0. The van der Waals surface area contributed by atoms with Crippen molar-refractivity contribution in [1.82, 2.24) is 4.90 Å². The molecule has 2 aromatic carbocycles. The zero-order chi connectivity index (χ0) is 17.3. The predicted octanol–water partition coefficient (Wildman–Crippen LogP) is 3.36. The molecule has 2 N–H and O–H groups in total. The lowest BCUT2D eigenvalue weighted by Crippen LogP contribution is -2.33. The highest BCUT2D eigenvalue weighted by Crippen LogP contribution is 2.22. The molecule has 1 aliphatic heterocycles. The second-order valence-electron chi connectivity index (χ2n) is 6.36. The van der Waals surface area contributed by atoms with E-state index in [1.54, 1.807) is 4.90 Å². The molecule has 1 saturated heterocycles. The van der Waals surface area contributed by atoms with E-state index in [2.05, 4.69) is 21.2 Å². The molecule has 1 amide bonds. The van der Waals surface area contributed by atoms with Crippen LogP contribution in [0.25, 0.3) is 0 Å². The number of aliphatic hydroxyl groups is 1. The minimum absolute atomic E-state index is 0.0196.